The number of para-hydroxylation sites is 3. The summed E-state index contributed by atoms with van der Waals surface area (Å²) in [5.41, 5.74) is 36.9. The molecule has 544 valence electrons. The summed E-state index contributed by atoms with van der Waals surface area (Å²) in [7, 11) is 0. The Morgan fingerprint density at radius 2 is 0.397 bits per heavy atom. The second-order valence-corrected chi connectivity index (χ2v) is 29.9. The fourth-order valence-electron chi connectivity index (χ4n) is 16.8. The molecular formula is C112H74N2O2. The summed E-state index contributed by atoms with van der Waals surface area (Å²) in [5.74, 6) is 0. The van der Waals surface area contributed by atoms with Crippen LogP contribution in [0.15, 0.2) is 458 Å². The second-order valence-electron chi connectivity index (χ2n) is 29.9. The molecule has 22 rings (SSSR count). The second kappa shape index (κ2) is 29.7. The van der Waals surface area contributed by atoms with Gasteiger partial charge in [0.2, 0.25) is 0 Å². The summed E-state index contributed by atoms with van der Waals surface area (Å²) in [4.78, 5) is 0. The highest BCUT2D eigenvalue weighted by atomic mass is 16.3. The Labute approximate surface area is 673 Å². The number of aromatic nitrogens is 2. The van der Waals surface area contributed by atoms with E-state index in [-0.39, 0.29) is 0 Å². The van der Waals surface area contributed by atoms with Gasteiger partial charge in [0.1, 0.15) is 22.3 Å². The van der Waals surface area contributed by atoms with E-state index in [1.807, 2.05) is 24.3 Å². The predicted octanol–water partition coefficient (Wildman–Crippen LogP) is 31.1. The highest BCUT2D eigenvalue weighted by Crippen LogP contribution is 2.43. The third-order valence-corrected chi connectivity index (χ3v) is 23.0. The van der Waals surface area contributed by atoms with E-state index in [1.54, 1.807) is 0 Å². The van der Waals surface area contributed by atoms with E-state index in [0.29, 0.717) is 0 Å². The zero-order valence-corrected chi connectivity index (χ0v) is 63.4. The standard InChI is InChI=1S/C62H41NO.C50H33NO/c1-3-10-42(11-4-1)44-18-22-46(23-19-44)48-26-28-50(29-27-48)53-36-39-60-58(40-53)59(52-32-30-49(31-33-52)47-24-20-45(21-25-47)43-12-5-2-6-13-43)41-63(60)54-37-34-51(35-38-54)55-15-9-16-57-56-14-7-8-17-61(56)64-62(55)57;1-3-9-34(10-4-1)36-15-17-38(18-16-36)41-25-29-48-45(31-41)47(40-21-19-37(20-22-40)35-11-5-2-6-12-35)33-51(48)43-27-23-39(24-28-43)42-26-30-50-46(32-42)44-13-7-8-14-49(44)52-50/h1-41H;1-33H. The van der Waals surface area contributed by atoms with E-state index < -0.39 is 0 Å². The zero-order valence-electron chi connectivity index (χ0n) is 63.4. The summed E-state index contributed by atoms with van der Waals surface area (Å²) in [6.07, 6.45) is 4.60. The van der Waals surface area contributed by atoms with Crippen LogP contribution in [-0.2, 0) is 0 Å². The van der Waals surface area contributed by atoms with Crippen LogP contribution in [0.1, 0.15) is 0 Å². The summed E-state index contributed by atoms with van der Waals surface area (Å²) in [6.45, 7) is 0. The van der Waals surface area contributed by atoms with Gasteiger partial charge in [-0.3, -0.25) is 0 Å². The molecule has 0 aliphatic heterocycles. The molecule has 0 saturated heterocycles. The number of rotatable bonds is 14. The fourth-order valence-corrected chi connectivity index (χ4v) is 16.8. The zero-order chi connectivity index (χ0) is 76.8. The monoisotopic (exact) mass is 1480 g/mol. The van der Waals surface area contributed by atoms with Crippen LogP contribution in [0.4, 0.5) is 0 Å². The average Bonchev–Trinajstić information content (AvgIpc) is 1.62. The maximum absolute atomic E-state index is 6.41. The minimum atomic E-state index is 0.908. The Bertz CT molecular complexity index is 7310. The van der Waals surface area contributed by atoms with Gasteiger partial charge in [-0.1, -0.05) is 364 Å². The first-order valence-electron chi connectivity index (χ1n) is 39.6. The molecule has 4 heteroatoms. The van der Waals surface area contributed by atoms with Crippen molar-refractivity contribution in [3.05, 3.63) is 449 Å². The van der Waals surface area contributed by atoms with Crippen molar-refractivity contribution in [2.75, 3.05) is 0 Å². The first kappa shape index (κ1) is 68.7. The van der Waals surface area contributed by atoms with Crippen molar-refractivity contribution < 1.29 is 8.83 Å². The van der Waals surface area contributed by atoms with Gasteiger partial charge in [-0.2, -0.15) is 0 Å². The summed E-state index contributed by atoms with van der Waals surface area (Å²) >= 11 is 0. The lowest BCUT2D eigenvalue weighted by Crippen LogP contribution is -1.92. The van der Waals surface area contributed by atoms with Crippen molar-refractivity contribution in [1.29, 1.82) is 0 Å². The van der Waals surface area contributed by atoms with Crippen LogP contribution in [0.3, 0.4) is 0 Å². The molecule has 116 heavy (non-hydrogen) atoms. The lowest BCUT2D eigenvalue weighted by Gasteiger charge is -2.09. The van der Waals surface area contributed by atoms with Crippen LogP contribution in [-0.4, -0.2) is 9.13 Å². The normalized spacial score (nSPS) is 11.4. The van der Waals surface area contributed by atoms with Gasteiger partial charge in [0, 0.05) is 72.8 Å². The highest BCUT2D eigenvalue weighted by Gasteiger charge is 2.20. The SMILES string of the molecule is c1ccc(-c2ccc(-c3ccc(-c4ccc5c(c4)c(-c4ccc(-c6ccc(-c7ccccc7)cc6)cc4)cn5-c4ccc(-c5cccc6c5oc5ccccc56)cc4)cc3)cc2)cc1.c1ccc(-c2ccc(-c3ccc4c(c3)c(-c3ccc(-c5ccccc5)cc3)cn4-c3ccc(-c4ccc5oc6ccccc6c5c4)cc3)cc2)cc1. The molecule has 0 radical (unpaired) electrons. The number of benzene rings is 18. The lowest BCUT2D eigenvalue weighted by molar-refractivity contribution is 0.669. The molecule has 4 aromatic heterocycles. The third kappa shape index (κ3) is 13.1. The molecule has 0 atom stereocenters. The van der Waals surface area contributed by atoms with E-state index in [9.17, 15) is 0 Å². The topological polar surface area (TPSA) is 36.1 Å². The van der Waals surface area contributed by atoms with Gasteiger partial charge in [0.25, 0.3) is 0 Å². The van der Waals surface area contributed by atoms with Crippen molar-refractivity contribution in [2.24, 2.45) is 0 Å². The quantitative estimate of drug-likeness (QED) is 0.109. The van der Waals surface area contributed by atoms with Crippen LogP contribution >= 0.6 is 0 Å². The first-order chi connectivity index (χ1) is 57.4. The van der Waals surface area contributed by atoms with Gasteiger partial charge in [0.05, 0.1) is 11.0 Å². The molecule has 4 nitrogen and oxygen atoms in total. The third-order valence-electron chi connectivity index (χ3n) is 23.0. The van der Waals surface area contributed by atoms with Gasteiger partial charge in [-0.15, -0.1) is 0 Å². The van der Waals surface area contributed by atoms with Crippen molar-refractivity contribution in [2.45, 2.75) is 0 Å². The molecule has 0 unspecified atom stereocenters. The lowest BCUT2D eigenvalue weighted by atomic mass is 9.96. The molecule has 0 amide bonds. The van der Waals surface area contributed by atoms with Gasteiger partial charge >= 0.3 is 0 Å². The largest absolute Gasteiger partial charge is 0.456 e. The highest BCUT2D eigenvalue weighted by molar-refractivity contribution is 6.10. The van der Waals surface area contributed by atoms with Crippen LogP contribution in [0, 0.1) is 0 Å². The summed E-state index contributed by atoms with van der Waals surface area (Å²) in [6, 6.07) is 157. The van der Waals surface area contributed by atoms with E-state index in [0.717, 1.165) is 71.9 Å². The Morgan fingerprint density at radius 3 is 0.776 bits per heavy atom. The minimum absolute atomic E-state index is 0.908. The van der Waals surface area contributed by atoms with Gasteiger partial charge in [-0.05, 0) is 190 Å². The Morgan fingerprint density at radius 1 is 0.147 bits per heavy atom. The Balaban J connectivity index is 0.000000148. The van der Waals surface area contributed by atoms with Crippen LogP contribution < -0.4 is 0 Å². The Kier molecular flexibility index (Phi) is 17.6. The first-order valence-corrected chi connectivity index (χ1v) is 39.6. The van der Waals surface area contributed by atoms with Crippen LogP contribution in [0.2, 0.25) is 0 Å². The van der Waals surface area contributed by atoms with Crippen molar-refractivity contribution in [3.63, 3.8) is 0 Å². The number of furan rings is 2. The van der Waals surface area contributed by atoms with Gasteiger partial charge in [0.15, 0.2) is 0 Å². The predicted molar refractivity (Wildman–Crippen MR) is 486 cm³/mol. The van der Waals surface area contributed by atoms with Crippen LogP contribution in [0.5, 0.6) is 0 Å². The average molecular weight is 1480 g/mol. The van der Waals surface area contributed by atoms with E-state index in [2.05, 4.69) is 434 Å². The molecule has 22 aromatic rings. The number of hydrogen-bond acceptors (Lipinski definition) is 2. The summed E-state index contributed by atoms with van der Waals surface area (Å²) < 4.78 is 17.2. The molecule has 0 fully saturated rings. The van der Waals surface area contributed by atoms with Crippen molar-refractivity contribution in [3.8, 4) is 145 Å². The molecular weight excluding hydrogens is 1410 g/mol. The fraction of sp³-hybridized carbons (Fsp3) is 0. The number of fused-ring (bicyclic) bond motifs is 8. The van der Waals surface area contributed by atoms with Gasteiger partial charge in [-0.25, -0.2) is 0 Å². The molecule has 0 saturated carbocycles. The van der Waals surface area contributed by atoms with E-state index in [4.69, 9.17) is 8.83 Å². The maximum atomic E-state index is 6.41. The smallest absolute Gasteiger partial charge is 0.143 e. The maximum Gasteiger partial charge on any atom is 0.143 e. The molecule has 4 heterocycles. The molecule has 0 bridgehead atoms. The number of nitrogens with zero attached hydrogens (tertiary/aromatic N) is 2. The number of hydrogen-bond donors (Lipinski definition) is 0. The van der Waals surface area contributed by atoms with E-state index in [1.165, 1.54) is 139 Å². The molecule has 0 spiro atoms. The van der Waals surface area contributed by atoms with Crippen LogP contribution in [0.25, 0.3) is 211 Å². The van der Waals surface area contributed by atoms with E-state index >= 15 is 0 Å². The summed E-state index contributed by atoms with van der Waals surface area (Å²) in [5, 5.41) is 6.98. The van der Waals surface area contributed by atoms with Crippen molar-refractivity contribution in [1.82, 2.24) is 9.13 Å². The molecule has 18 aromatic carbocycles. The molecule has 0 aliphatic rings. The van der Waals surface area contributed by atoms with Crippen molar-refractivity contribution >= 4 is 65.7 Å². The molecule has 0 aliphatic carbocycles. The van der Waals surface area contributed by atoms with Gasteiger partial charge < -0.3 is 18.0 Å². The minimum Gasteiger partial charge on any atom is -0.456 e. The molecule has 0 N–H and O–H groups in total. The Hall–Kier alpha value is -15.4.